The van der Waals surface area contributed by atoms with E-state index in [9.17, 15) is 13.2 Å². The molecule has 0 amide bonds. The number of alkyl halides is 3. The third kappa shape index (κ3) is 2.21. The number of hydrogen-bond donors (Lipinski definition) is 1. The van der Waals surface area contributed by atoms with Gasteiger partial charge >= 0.3 is 6.18 Å². The Morgan fingerprint density at radius 2 is 1.77 bits per heavy atom. The molecule has 0 spiro atoms. The van der Waals surface area contributed by atoms with Crippen LogP contribution in [-0.4, -0.2) is 11.3 Å². The molecule has 0 bridgehead atoms. The predicted molar refractivity (Wildman–Crippen MR) is 42.2 cm³/mol. The van der Waals surface area contributed by atoms with E-state index in [4.69, 9.17) is 5.11 Å². The van der Waals surface area contributed by atoms with Crippen LogP contribution in [0.3, 0.4) is 0 Å². The fourth-order valence-electron chi connectivity index (χ4n) is 1.07. The van der Waals surface area contributed by atoms with Gasteiger partial charge in [-0.2, -0.15) is 13.2 Å². The fraction of sp³-hybridized carbons (Fsp3) is 0.333. The lowest BCUT2D eigenvalue weighted by Crippen LogP contribution is -2.20. The molecule has 0 heterocycles. The molecular weight excluding hydrogens is 181 g/mol. The van der Waals surface area contributed by atoms with Gasteiger partial charge in [0.2, 0.25) is 0 Å². The average Bonchev–Trinajstić information content (AvgIpc) is 2.02. The molecule has 0 aliphatic carbocycles. The Morgan fingerprint density at radius 3 is 2.23 bits per heavy atom. The van der Waals surface area contributed by atoms with Crippen LogP contribution >= 0.6 is 0 Å². The Labute approximate surface area is 73.8 Å². The molecule has 1 N–H and O–H groups in total. The van der Waals surface area contributed by atoms with Gasteiger partial charge in [-0.25, -0.2) is 0 Å². The molecule has 1 atom stereocenters. The van der Waals surface area contributed by atoms with Crippen LogP contribution in [0.4, 0.5) is 13.2 Å². The van der Waals surface area contributed by atoms with Gasteiger partial charge in [-0.1, -0.05) is 24.3 Å². The quantitative estimate of drug-likeness (QED) is 0.721. The van der Waals surface area contributed by atoms with Crippen molar-refractivity contribution in [3.63, 3.8) is 0 Å². The van der Waals surface area contributed by atoms with Gasteiger partial charge < -0.3 is 5.11 Å². The smallest absolute Gasteiger partial charge is 0.379 e. The van der Waals surface area contributed by atoms with Crippen LogP contribution in [0.1, 0.15) is 17.2 Å². The van der Waals surface area contributed by atoms with Gasteiger partial charge in [-0.05, 0) is 18.1 Å². The highest BCUT2D eigenvalue weighted by atomic mass is 19.4. The normalized spacial score (nSPS) is 14.2. The number of rotatable bonds is 1. The SMILES string of the molecule is Cc1ccccc1[C@@H](O)C(F)(F)F. The number of halogens is 3. The molecule has 1 nitrogen and oxygen atoms in total. The summed E-state index contributed by atoms with van der Waals surface area (Å²) in [5.74, 6) is 0. The molecule has 4 heteroatoms. The molecule has 1 aromatic rings. The Hall–Kier alpha value is -1.03. The summed E-state index contributed by atoms with van der Waals surface area (Å²) in [7, 11) is 0. The number of aliphatic hydroxyl groups excluding tert-OH is 1. The monoisotopic (exact) mass is 190 g/mol. The molecule has 0 radical (unpaired) electrons. The second-order valence-electron chi connectivity index (χ2n) is 2.80. The zero-order valence-electron chi connectivity index (χ0n) is 6.97. The standard InChI is InChI=1S/C9H9F3O/c1-6-4-2-3-5-7(6)8(13)9(10,11)12/h2-5,8,13H,1H3/t8-/m1/s1. The fourth-order valence-corrected chi connectivity index (χ4v) is 1.07. The predicted octanol–water partition coefficient (Wildman–Crippen LogP) is 2.59. The van der Waals surface area contributed by atoms with Crippen molar-refractivity contribution in [2.24, 2.45) is 0 Å². The van der Waals surface area contributed by atoms with E-state index in [1.165, 1.54) is 25.1 Å². The summed E-state index contributed by atoms with van der Waals surface area (Å²) >= 11 is 0. The summed E-state index contributed by atoms with van der Waals surface area (Å²) in [5.41, 5.74) is 0.349. The summed E-state index contributed by atoms with van der Waals surface area (Å²) in [6.07, 6.45) is -6.97. The van der Waals surface area contributed by atoms with E-state index < -0.39 is 12.3 Å². The molecule has 72 valence electrons. The van der Waals surface area contributed by atoms with E-state index in [0.717, 1.165) is 0 Å². The van der Waals surface area contributed by atoms with Crippen molar-refractivity contribution >= 4 is 0 Å². The van der Waals surface area contributed by atoms with Crippen molar-refractivity contribution in [1.29, 1.82) is 0 Å². The number of hydrogen-bond acceptors (Lipinski definition) is 1. The van der Waals surface area contributed by atoms with Crippen molar-refractivity contribution in [2.45, 2.75) is 19.2 Å². The molecule has 13 heavy (non-hydrogen) atoms. The summed E-state index contributed by atoms with van der Waals surface area (Å²) in [6.45, 7) is 1.53. The van der Waals surface area contributed by atoms with E-state index in [-0.39, 0.29) is 5.56 Å². The topological polar surface area (TPSA) is 20.2 Å². The molecule has 0 unspecified atom stereocenters. The minimum Gasteiger partial charge on any atom is -0.379 e. The number of benzene rings is 1. The minimum absolute atomic E-state index is 0.0880. The Bertz CT molecular complexity index is 293. The lowest BCUT2D eigenvalue weighted by Gasteiger charge is -2.16. The highest BCUT2D eigenvalue weighted by Gasteiger charge is 2.39. The van der Waals surface area contributed by atoms with E-state index in [1.54, 1.807) is 6.07 Å². The van der Waals surface area contributed by atoms with Crippen molar-refractivity contribution in [3.8, 4) is 0 Å². The molecule has 0 saturated carbocycles. The Balaban J connectivity index is 3.02. The molecule has 0 aromatic heterocycles. The third-order valence-electron chi connectivity index (χ3n) is 1.79. The Morgan fingerprint density at radius 1 is 1.23 bits per heavy atom. The first-order valence-corrected chi connectivity index (χ1v) is 3.73. The maximum absolute atomic E-state index is 12.1. The van der Waals surface area contributed by atoms with Crippen molar-refractivity contribution < 1.29 is 18.3 Å². The van der Waals surface area contributed by atoms with E-state index in [1.807, 2.05) is 0 Å². The molecule has 0 aliphatic heterocycles. The highest BCUT2D eigenvalue weighted by molar-refractivity contribution is 5.28. The van der Waals surface area contributed by atoms with E-state index in [2.05, 4.69) is 0 Å². The van der Waals surface area contributed by atoms with Crippen molar-refractivity contribution in [2.75, 3.05) is 0 Å². The van der Waals surface area contributed by atoms with Crippen LogP contribution in [-0.2, 0) is 0 Å². The molecule has 1 aromatic carbocycles. The minimum atomic E-state index is -4.59. The van der Waals surface area contributed by atoms with Crippen LogP contribution in [0.5, 0.6) is 0 Å². The van der Waals surface area contributed by atoms with Gasteiger partial charge in [0.1, 0.15) is 0 Å². The summed E-state index contributed by atoms with van der Waals surface area (Å²) < 4.78 is 36.2. The zero-order chi connectivity index (χ0) is 10.1. The maximum atomic E-state index is 12.1. The van der Waals surface area contributed by atoms with Crippen LogP contribution in [0.15, 0.2) is 24.3 Å². The van der Waals surface area contributed by atoms with Gasteiger partial charge in [0.15, 0.2) is 6.10 Å². The van der Waals surface area contributed by atoms with Gasteiger partial charge in [-0.15, -0.1) is 0 Å². The summed E-state index contributed by atoms with van der Waals surface area (Å²) in [6, 6.07) is 5.90. The zero-order valence-corrected chi connectivity index (χ0v) is 6.97. The lowest BCUT2D eigenvalue weighted by molar-refractivity contribution is -0.206. The first-order chi connectivity index (χ1) is 5.93. The van der Waals surface area contributed by atoms with E-state index in [0.29, 0.717) is 5.56 Å². The summed E-state index contributed by atoms with van der Waals surface area (Å²) in [5, 5.41) is 8.91. The van der Waals surface area contributed by atoms with Crippen LogP contribution < -0.4 is 0 Å². The second kappa shape index (κ2) is 3.38. The first-order valence-electron chi connectivity index (χ1n) is 3.73. The highest BCUT2D eigenvalue weighted by Crippen LogP contribution is 2.33. The van der Waals surface area contributed by atoms with Crippen LogP contribution in [0, 0.1) is 6.92 Å². The van der Waals surface area contributed by atoms with Crippen LogP contribution in [0.25, 0.3) is 0 Å². The van der Waals surface area contributed by atoms with Crippen LogP contribution in [0.2, 0.25) is 0 Å². The average molecular weight is 190 g/mol. The number of aryl methyl sites for hydroxylation is 1. The van der Waals surface area contributed by atoms with Crippen molar-refractivity contribution in [3.05, 3.63) is 35.4 Å². The molecule has 0 aliphatic rings. The molecular formula is C9H9F3O. The lowest BCUT2D eigenvalue weighted by atomic mass is 10.0. The summed E-state index contributed by atoms with van der Waals surface area (Å²) in [4.78, 5) is 0. The second-order valence-corrected chi connectivity index (χ2v) is 2.80. The van der Waals surface area contributed by atoms with Gasteiger partial charge in [0.25, 0.3) is 0 Å². The number of aliphatic hydroxyl groups is 1. The van der Waals surface area contributed by atoms with Gasteiger partial charge in [0.05, 0.1) is 0 Å². The maximum Gasteiger partial charge on any atom is 0.418 e. The largest absolute Gasteiger partial charge is 0.418 e. The molecule has 0 fully saturated rings. The molecule has 0 saturated heterocycles. The van der Waals surface area contributed by atoms with E-state index >= 15 is 0 Å². The van der Waals surface area contributed by atoms with Crippen molar-refractivity contribution in [1.82, 2.24) is 0 Å². The first kappa shape index (κ1) is 10.1. The Kier molecular flexibility index (Phi) is 2.61. The molecule has 1 rings (SSSR count). The van der Waals surface area contributed by atoms with Gasteiger partial charge in [0, 0.05) is 0 Å². The van der Waals surface area contributed by atoms with Gasteiger partial charge in [-0.3, -0.25) is 0 Å². The third-order valence-corrected chi connectivity index (χ3v) is 1.79.